The Labute approximate surface area is 115 Å². The number of aryl methyl sites for hydroxylation is 1. The molecule has 3 heteroatoms. The number of benzene rings is 1. The van der Waals surface area contributed by atoms with Crippen molar-refractivity contribution in [3.05, 3.63) is 35.1 Å². The third-order valence-corrected chi connectivity index (χ3v) is 4.10. The minimum Gasteiger partial charge on any atom is -0.329 e. The van der Waals surface area contributed by atoms with Gasteiger partial charge in [-0.05, 0) is 37.8 Å². The summed E-state index contributed by atoms with van der Waals surface area (Å²) in [6.45, 7) is 9.02. The van der Waals surface area contributed by atoms with Crippen molar-refractivity contribution in [2.75, 3.05) is 19.6 Å². The van der Waals surface area contributed by atoms with Gasteiger partial charge in [0.05, 0.1) is 0 Å². The van der Waals surface area contributed by atoms with Crippen molar-refractivity contribution >= 4 is 0 Å². The molecule has 1 aromatic rings. The normalized spacial score (nSPS) is 21.3. The molecular weight excluding hydrogens is 239 g/mol. The number of hydrogen-bond acceptors (Lipinski definition) is 2. The minimum atomic E-state index is -0.135. The van der Waals surface area contributed by atoms with Gasteiger partial charge in [-0.2, -0.15) is 0 Å². The van der Waals surface area contributed by atoms with Gasteiger partial charge >= 0.3 is 0 Å². The van der Waals surface area contributed by atoms with Crippen LogP contribution in [0.2, 0.25) is 0 Å². The van der Waals surface area contributed by atoms with Crippen molar-refractivity contribution in [1.29, 1.82) is 0 Å². The average molecular weight is 264 g/mol. The summed E-state index contributed by atoms with van der Waals surface area (Å²) in [5.41, 5.74) is 8.07. The molecule has 106 valence electrons. The summed E-state index contributed by atoms with van der Waals surface area (Å²) in [5.74, 6) is -0.135. The van der Waals surface area contributed by atoms with Crippen LogP contribution in [0.3, 0.4) is 0 Å². The number of rotatable bonds is 3. The van der Waals surface area contributed by atoms with Gasteiger partial charge in [0, 0.05) is 24.7 Å². The van der Waals surface area contributed by atoms with Gasteiger partial charge in [0.2, 0.25) is 0 Å². The van der Waals surface area contributed by atoms with E-state index < -0.39 is 0 Å². The lowest BCUT2D eigenvalue weighted by Gasteiger charge is -2.42. The van der Waals surface area contributed by atoms with Crippen LogP contribution in [0.1, 0.15) is 43.9 Å². The quantitative estimate of drug-likeness (QED) is 0.908. The van der Waals surface area contributed by atoms with E-state index >= 15 is 0 Å². The van der Waals surface area contributed by atoms with E-state index in [1.807, 2.05) is 19.1 Å². The molecule has 2 N–H and O–H groups in total. The van der Waals surface area contributed by atoms with Gasteiger partial charge in [0.25, 0.3) is 0 Å². The molecule has 0 amide bonds. The van der Waals surface area contributed by atoms with Gasteiger partial charge in [-0.15, -0.1) is 0 Å². The highest BCUT2D eigenvalue weighted by atomic mass is 19.1. The van der Waals surface area contributed by atoms with Crippen LogP contribution < -0.4 is 5.73 Å². The van der Waals surface area contributed by atoms with Crippen LogP contribution in [-0.4, -0.2) is 24.5 Å². The number of nitrogens with two attached hydrogens (primary N) is 1. The molecule has 0 radical (unpaired) electrons. The summed E-state index contributed by atoms with van der Waals surface area (Å²) in [6, 6.07) is 5.31. The molecule has 2 rings (SSSR count). The van der Waals surface area contributed by atoms with Crippen LogP contribution in [-0.2, 0) is 0 Å². The van der Waals surface area contributed by atoms with E-state index in [0.29, 0.717) is 12.0 Å². The molecule has 1 heterocycles. The van der Waals surface area contributed by atoms with Crippen molar-refractivity contribution in [2.45, 2.75) is 39.7 Å². The Morgan fingerprint density at radius 1 is 1.42 bits per heavy atom. The Balaban J connectivity index is 2.26. The average Bonchev–Trinajstić information content (AvgIpc) is 2.33. The van der Waals surface area contributed by atoms with Crippen molar-refractivity contribution in [3.8, 4) is 0 Å². The summed E-state index contributed by atoms with van der Waals surface area (Å²) in [6.07, 6.45) is 2.40. The Morgan fingerprint density at radius 3 is 2.79 bits per heavy atom. The minimum absolute atomic E-state index is 0.000486. The number of halogens is 1. The first-order chi connectivity index (χ1) is 8.93. The van der Waals surface area contributed by atoms with Gasteiger partial charge in [0.1, 0.15) is 5.82 Å². The second-order valence-corrected chi connectivity index (χ2v) is 6.51. The summed E-state index contributed by atoms with van der Waals surface area (Å²) < 4.78 is 14.1. The molecule has 0 bridgehead atoms. The van der Waals surface area contributed by atoms with Crippen LogP contribution in [0, 0.1) is 18.2 Å². The Kier molecular flexibility index (Phi) is 4.26. The molecule has 0 spiro atoms. The van der Waals surface area contributed by atoms with E-state index in [4.69, 9.17) is 5.73 Å². The molecule has 1 unspecified atom stereocenters. The van der Waals surface area contributed by atoms with Crippen LogP contribution in [0.25, 0.3) is 0 Å². The summed E-state index contributed by atoms with van der Waals surface area (Å²) >= 11 is 0. The smallest absolute Gasteiger partial charge is 0.128 e. The van der Waals surface area contributed by atoms with Crippen LogP contribution >= 0.6 is 0 Å². The molecule has 1 aliphatic heterocycles. The zero-order valence-corrected chi connectivity index (χ0v) is 12.2. The number of hydrogen-bond donors (Lipinski definition) is 1. The van der Waals surface area contributed by atoms with E-state index in [1.54, 1.807) is 6.07 Å². The van der Waals surface area contributed by atoms with E-state index in [-0.39, 0.29) is 11.9 Å². The molecule has 2 nitrogen and oxygen atoms in total. The number of piperidine rings is 1. The number of nitrogens with zero attached hydrogens (tertiary/aromatic N) is 1. The highest BCUT2D eigenvalue weighted by molar-refractivity contribution is 5.27. The largest absolute Gasteiger partial charge is 0.329 e. The lowest BCUT2D eigenvalue weighted by Crippen LogP contribution is -2.44. The molecule has 1 atom stereocenters. The zero-order valence-electron chi connectivity index (χ0n) is 12.2. The van der Waals surface area contributed by atoms with E-state index in [9.17, 15) is 4.39 Å². The summed E-state index contributed by atoms with van der Waals surface area (Å²) in [4.78, 5) is 2.35. The molecule has 1 saturated heterocycles. The fraction of sp³-hybridized carbons (Fsp3) is 0.625. The van der Waals surface area contributed by atoms with Gasteiger partial charge in [-0.1, -0.05) is 31.5 Å². The topological polar surface area (TPSA) is 29.3 Å². The van der Waals surface area contributed by atoms with E-state index in [2.05, 4.69) is 18.7 Å². The zero-order chi connectivity index (χ0) is 14.0. The molecule has 0 aliphatic carbocycles. The molecular formula is C16H25FN2. The van der Waals surface area contributed by atoms with E-state index in [0.717, 1.165) is 30.6 Å². The predicted molar refractivity (Wildman–Crippen MR) is 77.5 cm³/mol. The maximum absolute atomic E-state index is 14.1. The van der Waals surface area contributed by atoms with Crippen LogP contribution in [0.15, 0.2) is 18.2 Å². The van der Waals surface area contributed by atoms with Crippen molar-refractivity contribution in [1.82, 2.24) is 4.90 Å². The van der Waals surface area contributed by atoms with Crippen molar-refractivity contribution in [3.63, 3.8) is 0 Å². The van der Waals surface area contributed by atoms with Gasteiger partial charge in [-0.25, -0.2) is 4.39 Å². The lowest BCUT2D eigenvalue weighted by atomic mass is 9.83. The molecule has 0 aromatic heterocycles. The Morgan fingerprint density at radius 2 is 2.16 bits per heavy atom. The Hall–Kier alpha value is -0.930. The molecule has 19 heavy (non-hydrogen) atoms. The molecule has 1 aliphatic rings. The third kappa shape index (κ3) is 3.34. The monoisotopic (exact) mass is 264 g/mol. The fourth-order valence-corrected chi connectivity index (χ4v) is 3.13. The number of likely N-dealkylation sites (tertiary alicyclic amines) is 1. The lowest BCUT2D eigenvalue weighted by molar-refractivity contribution is 0.0792. The van der Waals surface area contributed by atoms with Gasteiger partial charge in [0.15, 0.2) is 0 Å². The third-order valence-electron chi connectivity index (χ3n) is 4.10. The first-order valence-electron chi connectivity index (χ1n) is 7.13. The van der Waals surface area contributed by atoms with Crippen LogP contribution in [0.4, 0.5) is 4.39 Å². The summed E-state index contributed by atoms with van der Waals surface area (Å²) in [5, 5.41) is 0. The Bertz CT molecular complexity index is 442. The van der Waals surface area contributed by atoms with E-state index in [1.165, 1.54) is 6.42 Å². The second-order valence-electron chi connectivity index (χ2n) is 6.51. The highest BCUT2D eigenvalue weighted by Crippen LogP contribution is 2.34. The summed E-state index contributed by atoms with van der Waals surface area (Å²) in [7, 11) is 0. The standard InChI is InChI=1S/C16H25FN2/c1-12-5-6-14(17)13(9-12)15(10-18)19-8-4-7-16(2,3)11-19/h5-6,9,15H,4,7-8,10-11,18H2,1-3H3. The van der Waals surface area contributed by atoms with Crippen molar-refractivity contribution < 1.29 is 4.39 Å². The van der Waals surface area contributed by atoms with Gasteiger partial charge in [-0.3, -0.25) is 4.90 Å². The van der Waals surface area contributed by atoms with Gasteiger partial charge < -0.3 is 5.73 Å². The maximum Gasteiger partial charge on any atom is 0.128 e. The molecule has 1 fully saturated rings. The maximum atomic E-state index is 14.1. The predicted octanol–water partition coefficient (Wildman–Crippen LogP) is 3.26. The van der Waals surface area contributed by atoms with Crippen molar-refractivity contribution in [2.24, 2.45) is 11.1 Å². The highest BCUT2D eigenvalue weighted by Gasteiger charge is 2.31. The molecule has 1 aromatic carbocycles. The second kappa shape index (κ2) is 5.59. The van der Waals surface area contributed by atoms with Crippen LogP contribution in [0.5, 0.6) is 0 Å². The first kappa shape index (κ1) is 14.5. The SMILES string of the molecule is Cc1ccc(F)c(C(CN)N2CCCC(C)(C)C2)c1. The first-order valence-corrected chi connectivity index (χ1v) is 7.13. The fourth-order valence-electron chi connectivity index (χ4n) is 3.13. The molecule has 0 saturated carbocycles.